The molecular weight excluding hydrogens is 362 g/mol. The molecule has 2 aromatic heterocycles. The first-order valence-electron chi connectivity index (χ1n) is 8.66. The molecule has 3 aromatic rings. The molecule has 0 aliphatic carbocycles. The summed E-state index contributed by atoms with van der Waals surface area (Å²) in [6, 6.07) is 7.35. The van der Waals surface area contributed by atoms with Crippen molar-refractivity contribution in [2.24, 2.45) is 0 Å². The van der Waals surface area contributed by atoms with E-state index in [4.69, 9.17) is 9.26 Å². The van der Waals surface area contributed by atoms with E-state index in [1.54, 1.807) is 12.3 Å². The highest BCUT2D eigenvalue weighted by Crippen LogP contribution is 2.24. The minimum atomic E-state index is -0.815. The number of aromatic nitrogens is 2. The SMILES string of the molecule is Cc1noc(C)c1Cn1cc(C(=O)C(=O)NC2=CC(=O)OC2)c2ccccc21. The van der Waals surface area contributed by atoms with Crippen molar-refractivity contribution in [1.29, 1.82) is 0 Å². The molecule has 4 rings (SSSR count). The molecule has 3 heterocycles. The van der Waals surface area contributed by atoms with E-state index in [9.17, 15) is 14.4 Å². The van der Waals surface area contributed by atoms with E-state index in [1.807, 2.05) is 36.6 Å². The van der Waals surface area contributed by atoms with Gasteiger partial charge >= 0.3 is 5.97 Å². The number of benzene rings is 1. The molecule has 1 amide bonds. The van der Waals surface area contributed by atoms with Crippen LogP contribution < -0.4 is 5.32 Å². The van der Waals surface area contributed by atoms with Gasteiger partial charge in [-0.3, -0.25) is 9.59 Å². The molecule has 1 aliphatic heterocycles. The number of ketones is 1. The Kier molecular flexibility index (Phi) is 4.31. The number of esters is 1. The van der Waals surface area contributed by atoms with Crippen LogP contribution in [0, 0.1) is 13.8 Å². The van der Waals surface area contributed by atoms with Gasteiger partial charge in [-0.25, -0.2) is 4.79 Å². The third-order valence-electron chi connectivity index (χ3n) is 4.69. The van der Waals surface area contributed by atoms with Crippen LogP contribution in [0.4, 0.5) is 0 Å². The standard InChI is InChI=1S/C20H17N3O5/c1-11-15(12(2)28-22-11)8-23-9-16(14-5-3-4-6-17(14)23)19(25)20(26)21-13-7-18(24)27-10-13/h3-7,9H,8,10H2,1-2H3,(H,21,26). The Morgan fingerprint density at radius 3 is 2.71 bits per heavy atom. The maximum atomic E-state index is 12.8. The maximum Gasteiger partial charge on any atom is 0.333 e. The van der Waals surface area contributed by atoms with Crippen LogP contribution in [0.25, 0.3) is 10.9 Å². The lowest BCUT2D eigenvalue weighted by Crippen LogP contribution is -2.31. The smallest absolute Gasteiger partial charge is 0.333 e. The highest BCUT2D eigenvalue weighted by Gasteiger charge is 2.24. The summed E-state index contributed by atoms with van der Waals surface area (Å²) in [4.78, 5) is 36.3. The first-order valence-corrected chi connectivity index (χ1v) is 8.66. The Morgan fingerprint density at radius 2 is 2.04 bits per heavy atom. The Morgan fingerprint density at radius 1 is 1.25 bits per heavy atom. The van der Waals surface area contributed by atoms with Crippen molar-refractivity contribution in [3.8, 4) is 0 Å². The van der Waals surface area contributed by atoms with Crippen molar-refractivity contribution >= 4 is 28.6 Å². The van der Waals surface area contributed by atoms with Gasteiger partial charge in [0.05, 0.1) is 23.5 Å². The van der Waals surface area contributed by atoms with Gasteiger partial charge in [-0.05, 0) is 19.9 Å². The zero-order valence-electron chi connectivity index (χ0n) is 15.3. The summed E-state index contributed by atoms with van der Waals surface area (Å²) in [7, 11) is 0. The number of para-hydroxylation sites is 1. The molecular formula is C20H17N3O5. The Bertz CT molecular complexity index is 1130. The van der Waals surface area contributed by atoms with Gasteiger partial charge in [-0.2, -0.15) is 0 Å². The number of carbonyl (C=O) groups is 3. The van der Waals surface area contributed by atoms with Gasteiger partial charge in [0.1, 0.15) is 12.4 Å². The van der Waals surface area contributed by atoms with Crippen molar-refractivity contribution < 1.29 is 23.6 Å². The van der Waals surface area contributed by atoms with Gasteiger partial charge in [-0.15, -0.1) is 0 Å². The van der Waals surface area contributed by atoms with Crippen LogP contribution in [0.3, 0.4) is 0 Å². The number of nitrogens with zero attached hydrogens (tertiary/aromatic N) is 2. The molecule has 8 heteroatoms. The first kappa shape index (κ1) is 17.7. The van der Waals surface area contributed by atoms with Crippen molar-refractivity contribution in [2.45, 2.75) is 20.4 Å². The quantitative estimate of drug-likeness (QED) is 0.413. The van der Waals surface area contributed by atoms with Crippen LogP contribution >= 0.6 is 0 Å². The summed E-state index contributed by atoms with van der Waals surface area (Å²) >= 11 is 0. The number of cyclic esters (lactones) is 1. The van der Waals surface area contributed by atoms with Gasteiger partial charge in [0.25, 0.3) is 11.7 Å². The molecule has 28 heavy (non-hydrogen) atoms. The molecule has 0 atom stereocenters. The molecule has 0 saturated heterocycles. The zero-order chi connectivity index (χ0) is 19.8. The van der Waals surface area contributed by atoms with Crippen molar-refractivity contribution in [2.75, 3.05) is 6.61 Å². The van der Waals surface area contributed by atoms with Gasteiger partial charge < -0.3 is 19.1 Å². The fraction of sp³-hybridized carbons (Fsp3) is 0.200. The molecule has 0 saturated carbocycles. The number of rotatable bonds is 5. The second-order valence-electron chi connectivity index (χ2n) is 6.55. The number of hydrogen-bond donors (Lipinski definition) is 1. The molecule has 142 valence electrons. The molecule has 0 spiro atoms. The number of carbonyl (C=O) groups excluding carboxylic acids is 3. The van der Waals surface area contributed by atoms with Crippen molar-refractivity contribution in [3.63, 3.8) is 0 Å². The highest BCUT2D eigenvalue weighted by molar-refractivity contribution is 6.45. The normalized spacial score (nSPS) is 13.5. The Hall–Kier alpha value is -3.68. The number of hydrogen-bond acceptors (Lipinski definition) is 6. The molecule has 0 fully saturated rings. The van der Waals surface area contributed by atoms with Crippen LogP contribution in [-0.4, -0.2) is 34.0 Å². The lowest BCUT2D eigenvalue weighted by Gasteiger charge is -2.04. The maximum absolute atomic E-state index is 12.8. The number of amides is 1. The predicted molar refractivity (Wildman–Crippen MR) is 98.5 cm³/mol. The van der Waals surface area contributed by atoms with E-state index in [0.717, 1.165) is 22.9 Å². The Labute approximate surface area is 159 Å². The third-order valence-corrected chi connectivity index (χ3v) is 4.69. The average molecular weight is 379 g/mol. The van der Waals surface area contributed by atoms with Gasteiger partial charge in [0.15, 0.2) is 0 Å². The van der Waals surface area contributed by atoms with Gasteiger partial charge in [-0.1, -0.05) is 23.4 Å². The number of ether oxygens (including phenoxy) is 1. The van der Waals surface area contributed by atoms with Gasteiger partial charge in [0, 0.05) is 28.7 Å². The lowest BCUT2D eigenvalue weighted by molar-refractivity contribution is -0.135. The monoisotopic (exact) mass is 379 g/mol. The molecule has 1 aliphatic rings. The number of nitrogens with one attached hydrogen (secondary N) is 1. The van der Waals surface area contributed by atoms with E-state index in [-0.39, 0.29) is 17.9 Å². The van der Waals surface area contributed by atoms with Crippen LogP contribution in [0.15, 0.2) is 46.8 Å². The number of Topliss-reactive ketones (excluding diaryl/α,β-unsaturated/α-hetero) is 1. The average Bonchev–Trinajstić information content (AvgIpc) is 3.35. The van der Waals surface area contributed by atoms with E-state index in [1.165, 1.54) is 0 Å². The Balaban J connectivity index is 1.68. The molecule has 8 nitrogen and oxygen atoms in total. The summed E-state index contributed by atoms with van der Waals surface area (Å²) < 4.78 is 11.8. The first-order chi connectivity index (χ1) is 13.4. The van der Waals surface area contributed by atoms with Gasteiger partial charge in [0.2, 0.25) is 0 Å². The van der Waals surface area contributed by atoms with E-state index >= 15 is 0 Å². The fourth-order valence-corrected chi connectivity index (χ4v) is 3.23. The van der Waals surface area contributed by atoms with Crippen LogP contribution in [-0.2, 0) is 20.9 Å². The second-order valence-corrected chi connectivity index (χ2v) is 6.55. The van der Waals surface area contributed by atoms with Crippen LogP contribution in [0.1, 0.15) is 27.4 Å². The third kappa shape index (κ3) is 3.09. The highest BCUT2D eigenvalue weighted by atomic mass is 16.5. The van der Waals surface area contributed by atoms with E-state index in [0.29, 0.717) is 17.7 Å². The fourth-order valence-electron chi connectivity index (χ4n) is 3.23. The minimum Gasteiger partial charge on any atom is -0.456 e. The zero-order valence-corrected chi connectivity index (χ0v) is 15.3. The minimum absolute atomic E-state index is 0.0499. The molecule has 0 radical (unpaired) electrons. The summed E-state index contributed by atoms with van der Waals surface area (Å²) in [5, 5.41) is 7.07. The van der Waals surface area contributed by atoms with E-state index in [2.05, 4.69) is 10.5 Å². The molecule has 0 unspecified atom stereocenters. The summed E-state index contributed by atoms with van der Waals surface area (Å²) in [6.07, 6.45) is 2.81. The number of fused-ring (bicyclic) bond motifs is 1. The van der Waals surface area contributed by atoms with Crippen molar-refractivity contribution in [1.82, 2.24) is 15.0 Å². The predicted octanol–water partition coefficient (Wildman–Crippen LogP) is 2.03. The lowest BCUT2D eigenvalue weighted by atomic mass is 10.1. The molecule has 1 N–H and O–H groups in total. The van der Waals surface area contributed by atoms with Crippen molar-refractivity contribution in [3.05, 3.63) is 64.8 Å². The number of aryl methyl sites for hydroxylation is 2. The summed E-state index contributed by atoms with van der Waals surface area (Å²) in [6.45, 7) is 4.10. The van der Waals surface area contributed by atoms with Crippen LogP contribution in [0.5, 0.6) is 0 Å². The second kappa shape index (κ2) is 6.80. The topological polar surface area (TPSA) is 103 Å². The molecule has 0 bridgehead atoms. The van der Waals surface area contributed by atoms with Crippen LogP contribution in [0.2, 0.25) is 0 Å². The van der Waals surface area contributed by atoms with E-state index < -0.39 is 17.7 Å². The largest absolute Gasteiger partial charge is 0.456 e. The molecule has 1 aromatic carbocycles. The summed E-state index contributed by atoms with van der Waals surface area (Å²) in [5.41, 5.74) is 3.07. The summed E-state index contributed by atoms with van der Waals surface area (Å²) in [5.74, 6) is -1.34.